The zero-order valence-electron chi connectivity index (χ0n) is 47.1. The molecule has 0 aliphatic heterocycles. The number of nitrogens with zero attached hydrogens (tertiary/aromatic N) is 2. The molecule has 4 aromatic carbocycles. The topological polar surface area (TPSA) is 63.1 Å². The van der Waals surface area contributed by atoms with Crippen LogP contribution in [-0.4, -0.2) is 27.5 Å². The number of aryl methyl sites for hydroxylation is 2. The molecular formula is C61H79FIrN2O2-2. The quantitative estimate of drug-likeness (QED) is 0.0671. The summed E-state index contributed by atoms with van der Waals surface area (Å²) < 4.78 is 45.3. The van der Waals surface area contributed by atoms with Crippen LogP contribution in [0.3, 0.4) is 0 Å². The molecular weight excluding hydrogens is 1000 g/mol. The van der Waals surface area contributed by atoms with Crippen LogP contribution in [0.25, 0.3) is 44.1 Å². The number of rotatable bonds is 14. The number of benzene rings is 4. The van der Waals surface area contributed by atoms with E-state index >= 15 is 0 Å². The molecule has 363 valence electrons. The van der Waals surface area contributed by atoms with Gasteiger partial charge in [-0.2, -0.15) is 0 Å². The number of halogens is 1. The third kappa shape index (κ3) is 16.6. The molecule has 0 spiro atoms. The molecule has 0 saturated heterocycles. The smallest absolute Gasteiger partial charge is 0.162 e. The first-order valence-corrected chi connectivity index (χ1v) is 24.1. The number of aliphatic hydroxyl groups is 1. The number of carbonyl (C=O) groups excluding carboxylic acids is 1. The molecule has 1 unspecified atom stereocenters. The number of aliphatic hydroxyl groups excluding tert-OH is 1. The van der Waals surface area contributed by atoms with Crippen molar-refractivity contribution in [2.75, 3.05) is 6.67 Å². The van der Waals surface area contributed by atoms with E-state index in [0.29, 0.717) is 18.3 Å². The SMILES string of the molecule is CCC(CC)C(=O)/C=C(\O)C(CC)CCF.[2H]c1nc(-c2[c-]c(C)cc(C(C)(C)C)c2)c2ccc(CC(C)C)cc2c1[2H].[2H]c1nc(-c2[c-]c(C)cc(C(C)(C)C)c2)c2ccc(CC(C)C)cc2c1[2H].[Ir]. The number of fused-ring (bicyclic) bond motifs is 2. The van der Waals surface area contributed by atoms with Crippen LogP contribution >= 0.6 is 0 Å². The number of ketones is 1. The molecule has 0 bridgehead atoms. The summed E-state index contributed by atoms with van der Waals surface area (Å²) in [6.07, 6.45) is 5.76. The summed E-state index contributed by atoms with van der Waals surface area (Å²) in [6.45, 7) is 31.3. The number of carbonyl (C=O) groups is 1. The maximum atomic E-state index is 12.2. The first kappa shape index (κ1) is 50.4. The Kier molecular flexibility index (Phi) is 19.4. The number of hydrogen-bond donors (Lipinski definition) is 1. The van der Waals surface area contributed by atoms with Gasteiger partial charge in [-0.25, -0.2) is 0 Å². The van der Waals surface area contributed by atoms with Gasteiger partial charge in [-0.05, 0) is 117 Å². The summed E-state index contributed by atoms with van der Waals surface area (Å²) in [6, 6.07) is 28.3. The minimum atomic E-state index is -0.463. The molecule has 67 heavy (non-hydrogen) atoms. The number of pyridine rings is 2. The molecule has 0 saturated carbocycles. The molecule has 0 amide bonds. The van der Waals surface area contributed by atoms with Gasteiger partial charge < -0.3 is 15.1 Å². The molecule has 4 nitrogen and oxygen atoms in total. The van der Waals surface area contributed by atoms with Crippen molar-refractivity contribution in [3.05, 3.63) is 142 Å². The Balaban J connectivity index is 0.000000290. The van der Waals surface area contributed by atoms with Gasteiger partial charge in [0.05, 0.1) is 17.9 Å². The molecule has 2 aromatic heterocycles. The summed E-state index contributed by atoms with van der Waals surface area (Å²) in [5.41, 5.74) is 10.3. The van der Waals surface area contributed by atoms with Crippen molar-refractivity contribution in [1.29, 1.82) is 0 Å². The Hall–Kier alpha value is -4.51. The van der Waals surface area contributed by atoms with E-state index in [1.807, 2.05) is 34.6 Å². The van der Waals surface area contributed by atoms with Crippen molar-refractivity contribution in [3.63, 3.8) is 0 Å². The van der Waals surface area contributed by atoms with Crippen LogP contribution in [0.5, 0.6) is 0 Å². The maximum absolute atomic E-state index is 12.2. The molecule has 0 aliphatic carbocycles. The molecule has 2 heterocycles. The third-order valence-electron chi connectivity index (χ3n) is 12.0. The Morgan fingerprint density at radius 2 is 1.09 bits per heavy atom. The fourth-order valence-electron chi connectivity index (χ4n) is 8.14. The summed E-state index contributed by atoms with van der Waals surface area (Å²) in [5.74, 6) is 0.853. The predicted octanol–water partition coefficient (Wildman–Crippen LogP) is 16.8. The molecule has 6 rings (SSSR count). The van der Waals surface area contributed by atoms with Crippen molar-refractivity contribution in [1.82, 2.24) is 9.97 Å². The van der Waals surface area contributed by atoms with Gasteiger partial charge in [-0.15, -0.1) is 69.8 Å². The molecule has 1 radical (unpaired) electrons. The largest absolute Gasteiger partial charge is 0.512 e. The second-order valence-electron chi connectivity index (χ2n) is 20.8. The van der Waals surface area contributed by atoms with Crippen LogP contribution in [0.2, 0.25) is 0 Å². The molecule has 1 N–H and O–H groups in total. The van der Waals surface area contributed by atoms with Crippen molar-refractivity contribution >= 4 is 27.3 Å². The summed E-state index contributed by atoms with van der Waals surface area (Å²) in [7, 11) is 0. The van der Waals surface area contributed by atoms with Gasteiger partial charge in [0.15, 0.2) is 5.78 Å². The van der Waals surface area contributed by atoms with E-state index in [-0.39, 0.29) is 85.2 Å². The zero-order chi connectivity index (χ0) is 52.4. The van der Waals surface area contributed by atoms with E-state index in [1.54, 1.807) is 0 Å². The average Bonchev–Trinajstić information content (AvgIpc) is 3.27. The monoisotopic (exact) mass is 1090 g/mol. The standard InChI is InChI=1S/2C24H28N.C13H23FO2.Ir/c2*1-16(2)11-18-7-8-22-19(14-18)9-10-25-23(22)20-12-17(3)13-21(15-20)24(4,5)6;1-4-10(5-2)12(15)9-13(16)11(6-3)7-8-14;/h2*7-10,13-16H,11H2,1-6H3;9-11,16H,4-8H2,1-3H3;/q2*-1;;/b;;13-9-;/i2*9D,10D;;. The molecule has 6 aromatic rings. The van der Waals surface area contributed by atoms with Crippen molar-refractivity contribution in [2.24, 2.45) is 23.7 Å². The van der Waals surface area contributed by atoms with Crippen LogP contribution in [0.1, 0.15) is 155 Å². The molecule has 6 heteroatoms. The summed E-state index contributed by atoms with van der Waals surface area (Å²) in [5, 5.41) is 13.2. The maximum Gasteiger partial charge on any atom is 0.162 e. The van der Waals surface area contributed by atoms with E-state index in [2.05, 4.69) is 152 Å². The van der Waals surface area contributed by atoms with Gasteiger partial charge in [0.2, 0.25) is 0 Å². The normalized spacial score (nSPS) is 13.3. The summed E-state index contributed by atoms with van der Waals surface area (Å²) in [4.78, 5) is 20.7. The first-order chi connectivity index (χ1) is 32.7. The van der Waals surface area contributed by atoms with Crippen LogP contribution in [0.15, 0.2) is 96.9 Å². The summed E-state index contributed by atoms with van der Waals surface area (Å²) >= 11 is 0. The van der Waals surface area contributed by atoms with Gasteiger partial charge in [-0.1, -0.05) is 140 Å². The van der Waals surface area contributed by atoms with Crippen molar-refractivity contribution in [3.8, 4) is 22.5 Å². The molecule has 1 atom stereocenters. The second-order valence-corrected chi connectivity index (χ2v) is 20.8. The minimum absolute atomic E-state index is 0. The molecule has 0 aliphatic rings. The zero-order valence-corrected chi connectivity index (χ0v) is 45.5. The van der Waals surface area contributed by atoms with E-state index in [4.69, 9.17) is 5.48 Å². The van der Waals surface area contributed by atoms with Crippen LogP contribution in [-0.2, 0) is 48.6 Å². The van der Waals surface area contributed by atoms with E-state index in [0.717, 1.165) is 80.9 Å². The van der Waals surface area contributed by atoms with Crippen molar-refractivity contribution < 1.29 is 39.9 Å². The Morgan fingerprint density at radius 1 is 0.687 bits per heavy atom. The number of aromatic nitrogens is 2. The van der Waals surface area contributed by atoms with Crippen LogP contribution in [0, 0.1) is 49.7 Å². The number of alkyl halides is 1. The van der Waals surface area contributed by atoms with Gasteiger partial charge >= 0.3 is 0 Å². The predicted molar refractivity (Wildman–Crippen MR) is 280 cm³/mol. The number of allylic oxidation sites excluding steroid dienone is 2. The average molecular weight is 1090 g/mol. The van der Waals surface area contributed by atoms with Gasteiger partial charge in [-0.3, -0.25) is 9.18 Å². The van der Waals surface area contributed by atoms with E-state index in [1.165, 1.54) is 28.3 Å². The fraction of sp³-hybridized carbons (Fsp3) is 0.459. The van der Waals surface area contributed by atoms with Crippen molar-refractivity contribution in [2.45, 2.75) is 153 Å². The first-order valence-electron chi connectivity index (χ1n) is 26.1. The number of hydrogen-bond acceptors (Lipinski definition) is 4. The second kappa shape index (κ2) is 25.7. The van der Waals surface area contributed by atoms with E-state index in [9.17, 15) is 14.3 Å². The minimum Gasteiger partial charge on any atom is -0.512 e. The Bertz CT molecular complexity index is 2620. The molecule has 0 fully saturated rings. The fourth-order valence-corrected chi connectivity index (χ4v) is 8.14. The van der Waals surface area contributed by atoms with Crippen LogP contribution in [0.4, 0.5) is 4.39 Å². The van der Waals surface area contributed by atoms with Crippen LogP contribution < -0.4 is 0 Å². The van der Waals surface area contributed by atoms with E-state index < -0.39 is 6.67 Å². The van der Waals surface area contributed by atoms with Gasteiger partial charge in [0, 0.05) is 50.4 Å². The Labute approximate surface area is 423 Å². The third-order valence-corrected chi connectivity index (χ3v) is 12.0. The Morgan fingerprint density at radius 3 is 1.43 bits per heavy atom. The van der Waals surface area contributed by atoms with Gasteiger partial charge in [0.25, 0.3) is 0 Å². The van der Waals surface area contributed by atoms with Gasteiger partial charge in [0.1, 0.15) is 0 Å².